The van der Waals surface area contributed by atoms with Gasteiger partial charge in [0.15, 0.2) is 23.1 Å². The van der Waals surface area contributed by atoms with Crippen molar-refractivity contribution < 1.29 is 18.3 Å². The molecular weight excluding hydrogens is 352 g/mol. The van der Waals surface area contributed by atoms with Crippen LogP contribution < -0.4 is 9.47 Å². The van der Waals surface area contributed by atoms with Gasteiger partial charge in [0.2, 0.25) is 5.82 Å². The van der Waals surface area contributed by atoms with Crippen LogP contribution in [-0.2, 0) is 6.61 Å². The summed E-state index contributed by atoms with van der Waals surface area (Å²) >= 11 is 0. The van der Waals surface area contributed by atoms with Crippen molar-refractivity contribution in [2.24, 2.45) is 0 Å². The zero-order chi connectivity index (χ0) is 19.2. The van der Waals surface area contributed by atoms with Gasteiger partial charge in [-0.2, -0.15) is 9.65 Å². The summed E-state index contributed by atoms with van der Waals surface area (Å²) < 4.78 is 38.1. The van der Waals surface area contributed by atoms with Crippen molar-refractivity contribution in [1.82, 2.24) is 9.97 Å². The van der Waals surface area contributed by atoms with Gasteiger partial charge in [0.1, 0.15) is 12.7 Å². The molecule has 0 unspecified atom stereocenters. The first-order valence-corrected chi connectivity index (χ1v) is 8.17. The predicted molar refractivity (Wildman–Crippen MR) is 94.0 cm³/mol. The molecule has 0 N–H and O–H groups in total. The summed E-state index contributed by atoms with van der Waals surface area (Å²) in [4.78, 5) is 8.49. The molecule has 0 fully saturated rings. The standard InChI is InChI=1S/C20H15F2N3O2/c1-2-26-16-10-24-20(25-11-16)14-5-3-13(4-6-14)12-27-17-8-7-15(9-23)18(21)19(17)22/h3-8,10-11H,2,12H2,1H3. The minimum Gasteiger partial charge on any atom is -0.491 e. The number of benzene rings is 2. The first kappa shape index (κ1) is 18.3. The van der Waals surface area contributed by atoms with Crippen LogP contribution in [0.4, 0.5) is 8.78 Å². The lowest BCUT2D eigenvalue weighted by Gasteiger charge is -2.09. The number of nitrogens with zero attached hydrogens (tertiary/aromatic N) is 3. The van der Waals surface area contributed by atoms with Crippen LogP contribution in [0.1, 0.15) is 18.1 Å². The van der Waals surface area contributed by atoms with E-state index in [9.17, 15) is 8.78 Å². The SMILES string of the molecule is CCOc1cnc(-c2ccc(COc3ccc(C#N)c(F)c3F)cc2)nc1. The highest BCUT2D eigenvalue weighted by molar-refractivity contribution is 5.55. The van der Waals surface area contributed by atoms with E-state index in [1.54, 1.807) is 30.6 Å². The van der Waals surface area contributed by atoms with E-state index in [-0.39, 0.29) is 17.9 Å². The van der Waals surface area contributed by atoms with Crippen LogP contribution in [0.5, 0.6) is 11.5 Å². The number of hydrogen-bond acceptors (Lipinski definition) is 5. The van der Waals surface area contributed by atoms with Crippen LogP contribution in [0.15, 0.2) is 48.8 Å². The molecule has 0 radical (unpaired) electrons. The lowest BCUT2D eigenvalue weighted by atomic mass is 10.1. The molecule has 0 spiro atoms. The highest BCUT2D eigenvalue weighted by Crippen LogP contribution is 2.24. The molecule has 0 saturated heterocycles. The Bertz CT molecular complexity index is 968. The Hall–Kier alpha value is -3.53. The molecule has 7 heteroatoms. The number of hydrogen-bond donors (Lipinski definition) is 0. The first-order chi connectivity index (χ1) is 13.1. The molecule has 3 rings (SSSR count). The fourth-order valence-electron chi connectivity index (χ4n) is 2.35. The van der Waals surface area contributed by atoms with Gasteiger partial charge in [0.05, 0.1) is 24.6 Å². The summed E-state index contributed by atoms with van der Waals surface area (Å²) in [5.74, 6) is -1.48. The van der Waals surface area contributed by atoms with Crippen molar-refractivity contribution >= 4 is 0 Å². The van der Waals surface area contributed by atoms with E-state index >= 15 is 0 Å². The average molecular weight is 367 g/mol. The molecule has 0 aliphatic heterocycles. The second-order valence-corrected chi connectivity index (χ2v) is 5.51. The van der Waals surface area contributed by atoms with Gasteiger partial charge < -0.3 is 9.47 Å². The lowest BCUT2D eigenvalue weighted by Crippen LogP contribution is -2.00. The Labute approximate surface area is 154 Å². The number of halogens is 2. The highest BCUT2D eigenvalue weighted by Gasteiger charge is 2.14. The number of nitriles is 1. The Morgan fingerprint density at radius 2 is 1.67 bits per heavy atom. The molecule has 136 valence electrons. The first-order valence-electron chi connectivity index (χ1n) is 8.17. The lowest BCUT2D eigenvalue weighted by molar-refractivity contribution is 0.284. The Kier molecular flexibility index (Phi) is 5.57. The van der Waals surface area contributed by atoms with Crippen molar-refractivity contribution in [3.63, 3.8) is 0 Å². The molecule has 2 aromatic carbocycles. The fourth-order valence-corrected chi connectivity index (χ4v) is 2.35. The van der Waals surface area contributed by atoms with Gasteiger partial charge >= 0.3 is 0 Å². The summed E-state index contributed by atoms with van der Waals surface area (Å²) in [5.41, 5.74) is 1.20. The monoisotopic (exact) mass is 367 g/mol. The van der Waals surface area contributed by atoms with Gasteiger partial charge in [-0.25, -0.2) is 14.4 Å². The second-order valence-electron chi connectivity index (χ2n) is 5.51. The molecule has 0 atom stereocenters. The Balaban J connectivity index is 1.68. The molecule has 3 aromatic rings. The van der Waals surface area contributed by atoms with E-state index in [2.05, 4.69) is 9.97 Å². The van der Waals surface area contributed by atoms with Crippen LogP contribution >= 0.6 is 0 Å². The molecule has 0 bridgehead atoms. The maximum atomic E-state index is 13.8. The third kappa shape index (κ3) is 4.18. The largest absolute Gasteiger partial charge is 0.491 e. The van der Waals surface area contributed by atoms with Gasteiger partial charge in [0.25, 0.3) is 0 Å². The molecule has 0 aliphatic carbocycles. The quantitative estimate of drug-likeness (QED) is 0.651. The molecule has 0 aliphatic rings. The van der Waals surface area contributed by atoms with Gasteiger partial charge in [-0.05, 0) is 24.6 Å². The van der Waals surface area contributed by atoms with Crippen LogP contribution in [0.25, 0.3) is 11.4 Å². The van der Waals surface area contributed by atoms with Crippen molar-refractivity contribution in [2.45, 2.75) is 13.5 Å². The van der Waals surface area contributed by atoms with Crippen LogP contribution in [0.2, 0.25) is 0 Å². The molecule has 0 amide bonds. The number of rotatable bonds is 6. The van der Waals surface area contributed by atoms with Crippen molar-refractivity contribution in [1.29, 1.82) is 5.26 Å². The molecule has 1 aromatic heterocycles. The maximum Gasteiger partial charge on any atom is 0.202 e. The normalized spacial score (nSPS) is 10.3. The zero-order valence-electron chi connectivity index (χ0n) is 14.4. The van der Waals surface area contributed by atoms with E-state index < -0.39 is 11.6 Å². The molecule has 27 heavy (non-hydrogen) atoms. The van der Waals surface area contributed by atoms with Gasteiger partial charge in [0, 0.05) is 5.56 Å². The smallest absolute Gasteiger partial charge is 0.202 e. The van der Waals surface area contributed by atoms with Crippen molar-refractivity contribution in [3.05, 3.63) is 71.6 Å². The maximum absolute atomic E-state index is 13.8. The van der Waals surface area contributed by atoms with Crippen LogP contribution in [0, 0.1) is 23.0 Å². The predicted octanol–water partition coefficient (Wildman–Crippen LogP) is 4.27. The van der Waals surface area contributed by atoms with Gasteiger partial charge in [-0.3, -0.25) is 0 Å². The average Bonchev–Trinajstić information content (AvgIpc) is 2.70. The summed E-state index contributed by atoms with van der Waals surface area (Å²) in [7, 11) is 0. The summed E-state index contributed by atoms with van der Waals surface area (Å²) in [6.45, 7) is 2.47. The zero-order valence-corrected chi connectivity index (χ0v) is 14.4. The topological polar surface area (TPSA) is 68.0 Å². The minimum atomic E-state index is -1.21. The fraction of sp³-hybridized carbons (Fsp3) is 0.150. The van der Waals surface area contributed by atoms with Crippen LogP contribution in [-0.4, -0.2) is 16.6 Å². The number of aromatic nitrogens is 2. The van der Waals surface area contributed by atoms with Crippen molar-refractivity contribution in [2.75, 3.05) is 6.61 Å². The van der Waals surface area contributed by atoms with Crippen molar-refractivity contribution in [3.8, 4) is 29.0 Å². The molecule has 1 heterocycles. The third-order valence-electron chi connectivity index (χ3n) is 3.71. The van der Waals surface area contributed by atoms with Crippen LogP contribution in [0.3, 0.4) is 0 Å². The summed E-state index contributed by atoms with van der Waals surface area (Å²) in [6.07, 6.45) is 3.20. The van der Waals surface area contributed by atoms with E-state index in [0.717, 1.165) is 11.1 Å². The summed E-state index contributed by atoms with van der Waals surface area (Å²) in [6, 6.07) is 11.2. The molecular formula is C20H15F2N3O2. The Morgan fingerprint density at radius 1 is 0.963 bits per heavy atom. The second kappa shape index (κ2) is 8.23. The van der Waals surface area contributed by atoms with E-state index in [1.807, 2.05) is 19.1 Å². The van der Waals surface area contributed by atoms with E-state index in [1.165, 1.54) is 12.1 Å². The van der Waals surface area contributed by atoms with E-state index in [0.29, 0.717) is 18.2 Å². The van der Waals surface area contributed by atoms with E-state index in [4.69, 9.17) is 14.7 Å². The Morgan fingerprint density at radius 3 is 2.30 bits per heavy atom. The minimum absolute atomic E-state index is 0.0483. The highest BCUT2D eigenvalue weighted by atomic mass is 19.2. The van der Waals surface area contributed by atoms with Gasteiger partial charge in [-0.1, -0.05) is 24.3 Å². The number of ether oxygens (including phenoxy) is 2. The summed E-state index contributed by atoms with van der Waals surface area (Å²) in [5, 5.41) is 8.69. The van der Waals surface area contributed by atoms with Gasteiger partial charge in [-0.15, -0.1) is 0 Å². The third-order valence-corrected chi connectivity index (χ3v) is 3.71. The molecule has 0 saturated carbocycles. The molecule has 5 nitrogen and oxygen atoms in total.